The van der Waals surface area contributed by atoms with Gasteiger partial charge in [-0.25, -0.2) is 0 Å². The van der Waals surface area contributed by atoms with Gasteiger partial charge in [-0.05, 0) is 63.7 Å². The molecule has 0 aromatic rings. The molecule has 4 fully saturated rings. The minimum Gasteiger partial charge on any atom is -0.389 e. The van der Waals surface area contributed by atoms with Crippen LogP contribution in [0, 0.1) is 34.0 Å². The molecule has 1 spiro atoms. The van der Waals surface area contributed by atoms with Crippen molar-refractivity contribution in [2.75, 3.05) is 19.8 Å². The maximum Gasteiger partial charge on any atom is 0.172 e. The number of rotatable bonds is 6. The number of unbranched alkanes of at least 4 members (excludes halogenated alkanes) is 1. The smallest absolute Gasteiger partial charge is 0.172 e. The summed E-state index contributed by atoms with van der Waals surface area (Å²) in [6.45, 7) is 10.5. The van der Waals surface area contributed by atoms with E-state index in [1.807, 2.05) is 6.92 Å². The van der Waals surface area contributed by atoms with Gasteiger partial charge >= 0.3 is 0 Å². The molecule has 0 aromatic heterocycles. The Morgan fingerprint density at radius 3 is 2.62 bits per heavy atom. The fraction of sp³-hybridized carbons (Fsp3) is 0.893. The predicted octanol–water partition coefficient (Wildman–Crippen LogP) is 5.25. The van der Waals surface area contributed by atoms with Crippen molar-refractivity contribution >= 4 is 0 Å². The molecule has 6 heteroatoms. The molecule has 1 unspecified atom stereocenters. The number of ether oxygens (including phenoxy) is 4. The van der Waals surface area contributed by atoms with E-state index in [2.05, 4.69) is 32.9 Å². The summed E-state index contributed by atoms with van der Waals surface area (Å²) in [4.78, 5) is 0. The highest BCUT2D eigenvalue weighted by molar-refractivity contribution is 5.33. The third-order valence-electron chi connectivity index (χ3n) is 10.6. The van der Waals surface area contributed by atoms with Gasteiger partial charge in [0.15, 0.2) is 17.7 Å². The summed E-state index contributed by atoms with van der Waals surface area (Å²) in [7, 11) is 0. The van der Waals surface area contributed by atoms with Crippen LogP contribution in [0.2, 0.25) is 0 Å². The molecule has 0 bridgehead atoms. The second kappa shape index (κ2) is 8.56. The number of nitrogens with zero attached hydrogens (tertiary/aromatic N) is 1. The summed E-state index contributed by atoms with van der Waals surface area (Å²) in [5.41, 5.74) is -0.890. The molecule has 3 saturated carbocycles. The highest BCUT2D eigenvalue weighted by atomic mass is 16.7. The normalized spacial score (nSPS) is 45.7. The van der Waals surface area contributed by atoms with Gasteiger partial charge in [-0.15, -0.1) is 0 Å². The Balaban J connectivity index is 1.40. The summed E-state index contributed by atoms with van der Waals surface area (Å²) >= 11 is 0. The molecule has 0 radical (unpaired) electrons. The molecule has 34 heavy (non-hydrogen) atoms. The molecular formula is C28H43NO5. The topological polar surface area (TPSA) is 80.9 Å². The highest BCUT2D eigenvalue weighted by Gasteiger charge is 2.70. The second-order valence-electron chi connectivity index (χ2n) is 12.0. The Morgan fingerprint density at radius 2 is 1.91 bits per heavy atom. The fourth-order valence-electron chi connectivity index (χ4n) is 8.40. The molecule has 1 aliphatic heterocycles. The molecule has 0 amide bonds. The van der Waals surface area contributed by atoms with Crippen LogP contribution in [0.25, 0.3) is 0 Å². The third-order valence-corrected chi connectivity index (χ3v) is 10.6. The Bertz CT molecular complexity index is 861. The van der Waals surface area contributed by atoms with Gasteiger partial charge in [0.1, 0.15) is 0 Å². The number of allylic oxidation sites excluding steroid dienone is 1. The van der Waals surface area contributed by atoms with E-state index < -0.39 is 23.3 Å². The number of fused-ring (bicyclic) bond motifs is 5. The number of nitriles is 1. The van der Waals surface area contributed by atoms with E-state index in [1.54, 1.807) is 0 Å². The third kappa shape index (κ3) is 3.38. The van der Waals surface area contributed by atoms with Crippen molar-refractivity contribution < 1.29 is 24.1 Å². The Labute approximate surface area is 205 Å². The fourth-order valence-corrected chi connectivity index (χ4v) is 8.40. The van der Waals surface area contributed by atoms with Crippen LogP contribution in [0.4, 0.5) is 0 Å². The molecule has 0 aromatic carbocycles. The van der Waals surface area contributed by atoms with Crippen LogP contribution in [-0.4, -0.2) is 48.2 Å². The van der Waals surface area contributed by atoms with E-state index in [1.165, 1.54) is 5.57 Å². The lowest BCUT2D eigenvalue weighted by molar-refractivity contribution is -0.249. The maximum atomic E-state index is 12.4. The quantitative estimate of drug-likeness (QED) is 0.322. The summed E-state index contributed by atoms with van der Waals surface area (Å²) in [6.07, 6.45) is 10.5. The predicted molar refractivity (Wildman–Crippen MR) is 128 cm³/mol. The van der Waals surface area contributed by atoms with Crippen LogP contribution < -0.4 is 0 Å². The molecule has 7 atom stereocenters. The van der Waals surface area contributed by atoms with E-state index in [9.17, 15) is 10.4 Å². The summed E-state index contributed by atoms with van der Waals surface area (Å²) in [6, 6.07) is 2.61. The van der Waals surface area contributed by atoms with E-state index in [0.29, 0.717) is 32.7 Å². The zero-order valence-corrected chi connectivity index (χ0v) is 21.5. The lowest BCUT2D eigenvalue weighted by Gasteiger charge is -2.63. The molecule has 6 nitrogen and oxygen atoms in total. The van der Waals surface area contributed by atoms with Crippen molar-refractivity contribution in [3.8, 4) is 6.07 Å². The lowest BCUT2D eigenvalue weighted by Crippen LogP contribution is -2.65. The van der Waals surface area contributed by atoms with E-state index in [4.69, 9.17) is 18.9 Å². The van der Waals surface area contributed by atoms with Crippen molar-refractivity contribution in [2.45, 2.75) is 115 Å². The Hall–Kier alpha value is -0.970. The van der Waals surface area contributed by atoms with Crippen LogP contribution in [0.5, 0.6) is 0 Å². The van der Waals surface area contributed by atoms with Crippen molar-refractivity contribution in [3.63, 3.8) is 0 Å². The average molecular weight is 474 g/mol. The monoisotopic (exact) mass is 473 g/mol. The van der Waals surface area contributed by atoms with Gasteiger partial charge in [0.05, 0.1) is 24.9 Å². The van der Waals surface area contributed by atoms with Gasteiger partial charge in [0.2, 0.25) is 0 Å². The van der Waals surface area contributed by atoms with Crippen molar-refractivity contribution in [1.82, 2.24) is 0 Å². The highest BCUT2D eigenvalue weighted by Crippen LogP contribution is 2.70. The average Bonchev–Trinajstić information content (AvgIpc) is 3.38. The number of hydrogen-bond donors (Lipinski definition) is 1. The molecule has 5 aliphatic rings. The number of aliphatic hydroxyl groups is 1. The standard InChI is InChI=1S/C28H43NO5/c1-5-6-15-31-20(2)34-26(19-29)10-9-22-23-8-7-21-18-27(32-16-17-33-27)13-11-24(21,3)28(23,30)14-12-25(22,26)4/h7,20,22-23,30H,5-6,8-18H2,1-4H3/t20?,22-,23-,24-,25-,26-,28+/m0/s1. The van der Waals surface area contributed by atoms with Crippen molar-refractivity contribution in [2.24, 2.45) is 22.7 Å². The minimum atomic E-state index is -0.863. The Kier molecular flexibility index (Phi) is 6.22. The first kappa shape index (κ1) is 24.7. The van der Waals surface area contributed by atoms with E-state index >= 15 is 0 Å². The van der Waals surface area contributed by atoms with Crippen LogP contribution in [0.3, 0.4) is 0 Å². The van der Waals surface area contributed by atoms with Gasteiger partial charge in [0.25, 0.3) is 0 Å². The zero-order valence-electron chi connectivity index (χ0n) is 21.5. The molecule has 1 N–H and O–H groups in total. The summed E-state index contributed by atoms with van der Waals surface area (Å²) < 4.78 is 24.4. The first-order valence-corrected chi connectivity index (χ1v) is 13.6. The van der Waals surface area contributed by atoms with Gasteiger partial charge in [-0.2, -0.15) is 5.26 Å². The van der Waals surface area contributed by atoms with Crippen LogP contribution >= 0.6 is 0 Å². The van der Waals surface area contributed by atoms with Crippen molar-refractivity contribution in [3.05, 3.63) is 11.6 Å². The maximum absolute atomic E-state index is 12.4. The zero-order chi connectivity index (χ0) is 24.2. The molecule has 1 saturated heterocycles. The molecule has 5 rings (SSSR count). The lowest BCUT2D eigenvalue weighted by atomic mass is 9.44. The summed E-state index contributed by atoms with van der Waals surface area (Å²) in [5, 5.41) is 22.9. The van der Waals surface area contributed by atoms with Gasteiger partial charge in [-0.3, -0.25) is 0 Å². The first-order valence-electron chi connectivity index (χ1n) is 13.6. The van der Waals surface area contributed by atoms with E-state index in [-0.39, 0.29) is 22.7 Å². The van der Waals surface area contributed by atoms with Gasteiger partial charge in [-0.1, -0.05) is 38.8 Å². The van der Waals surface area contributed by atoms with Crippen LogP contribution in [0.1, 0.15) is 91.9 Å². The SMILES string of the molecule is CCCCOC(C)O[C@]1(C#N)CC[C@H]2[C@@H]3CC=C4CC5(CC[C@]4(C)[C@@]3(O)CC[C@@]21C)OCCO5. The molecular weight excluding hydrogens is 430 g/mol. The largest absolute Gasteiger partial charge is 0.389 e. The molecule has 190 valence electrons. The molecule has 1 heterocycles. The Morgan fingerprint density at radius 1 is 1.15 bits per heavy atom. The summed E-state index contributed by atoms with van der Waals surface area (Å²) in [5.74, 6) is -0.101. The van der Waals surface area contributed by atoms with Crippen molar-refractivity contribution in [1.29, 1.82) is 5.26 Å². The van der Waals surface area contributed by atoms with Gasteiger partial charge in [0, 0.05) is 30.3 Å². The number of hydrogen-bond acceptors (Lipinski definition) is 6. The van der Waals surface area contributed by atoms with Crippen LogP contribution in [0.15, 0.2) is 11.6 Å². The van der Waals surface area contributed by atoms with E-state index in [0.717, 1.165) is 51.4 Å². The first-order chi connectivity index (χ1) is 16.2. The molecule has 4 aliphatic carbocycles. The second-order valence-corrected chi connectivity index (χ2v) is 12.0. The minimum absolute atomic E-state index is 0.134. The van der Waals surface area contributed by atoms with Gasteiger partial charge < -0.3 is 24.1 Å². The van der Waals surface area contributed by atoms with Crippen LogP contribution in [-0.2, 0) is 18.9 Å².